The predicted octanol–water partition coefficient (Wildman–Crippen LogP) is 3.63. The number of para-hydroxylation sites is 2. The van der Waals surface area contributed by atoms with Crippen LogP contribution in [0.25, 0.3) is 0 Å². The van der Waals surface area contributed by atoms with E-state index in [4.69, 9.17) is 4.74 Å². The second-order valence-electron chi connectivity index (χ2n) is 5.85. The number of nitrogens with zero attached hydrogens (tertiary/aromatic N) is 1. The zero-order valence-corrected chi connectivity index (χ0v) is 14.7. The van der Waals surface area contributed by atoms with Gasteiger partial charge in [-0.15, -0.1) is 0 Å². The summed E-state index contributed by atoms with van der Waals surface area (Å²) in [6, 6.07) is 16.2. The second kappa shape index (κ2) is 9.67. The summed E-state index contributed by atoms with van der Waals surface area (Å²) < 4.78 is 19.2. The van der Waals surface area contributed by atoms with Crippen LogP contribution in [0.3, 0.4) is 0 Å². The lowest BCUT2D eigenvalue weighted by atomic mass is 10.2. The highest BCUT2D eigenvalue weighted by Crippen LogP contribution is 2.18. The van der Waals surface area contributed by atoms with Crippen molar-refractivity contribution >= 4 is 11.6 Å². The third-order valence-electron chi connectivity index (χ3n) is 3.94. The molecule has 0 aliphatic rings. The number of anilines is 1. The third kappa shape index (κ3) is 5.78. The minimum absolute atomic E-state index is 0.105. The molecule has 5 heteroatoms. The van der Waals surface area contributed by atoms with Crippen molar-refractivity contribution in [2.75, 3.05) is 25.0 Å². The van der Waals surface area contributed by atoms with Crippen molar-refractivity contribution in [3.8, 4) is 5.75 Å². The summed E-state index contributed by atoms with van der Waals surface area (Å²) in [5, 5.41) is 2.87. The maximum Gasteiger partial charge on any atom is 0.261 e. The van der Waals surface area contributed by atoms with Gasteiger partial charge in [0.25, 0.3) is 5.91 Å². The van der Waals surface area contributed by atoms with Gasteiger partial charge in [0.05, 0.1) is 0 Å². The van der Waals surface area contributed by atoms with Crippen LogP contribution < -0.4 is 15.0 Å². The number of rotatable bonds is 9. The van der Waals surface area contributed by atoms with Crippen LogP contribution in [0.15, 0.2) is 54.6 Å². The minimum Gasteiger partial charge on any atom is -0.478 e. The third-order valence-corrected chi connectivity index (χ3v) is 3.94. The number of amides is 1. The van der Waals surface area contributed by atoms with Crippen LogP contribution in [0.4, 0.5) is 10.1 Å². The van der Waals surface area contributed by atoms with Crippen LogP contribution in [-0.4, -0.2) is 32.1 Å². The first-order valence-electron chi connectivity index (χ1n) is 8.57. The van der Waals surface area contributed by atoms with E-state index in [0.717, 1.165) is 18.7 Å². The summed E-state index contributed by atoms with van der Waals surface area (Å²) >= 11 is 0. The Balaban J connectivity index is 1.75. The summed E-state index contributed by atoms with van der Waals surface area (Å²) in [5.41, 5.74) is 1.14. The molecule has 1 atom stereocenters. The molecule has 2 aromatic rings. The molecule has 0 radical (unpaired) electrons. The fraction of sp³-hybridized carbons (Fsp3) is 0.350. The highest BCUT2D eigenvalue weighted by atomic mass is 19.1. The Labute approximate surface area is 148 Å². The van der Waals surface area contributed by atoms with Crippen LogP contribution in [0.2, 0.25) is 0 Å². The first-order valence-corrected chi connectivity index (χ1v) is 8.57. The molecule has 0 aromatic heterocycles. The molecular weight excluding hydrogens is 319 g/mol. The van der Waals surface area contributed by atoms with Gasteiger partial charge in [0, 0.05) is 25.8 Å². The van der Waals surface area contributed by atoms with Crippen molar-refractivity contribution < 1.29 is 13.9 Å². The van der Waals surface area contributed by atoms with E-state index in [1.807, 2.05) is 44.3 Å². The lowest BCUT2D eigenvalue weighted by Gasteiger charge is -2.20. The number of ether oxygens (including phenoxy) is 1. The van der Waals surface area contributed by atoms with E-state index < -0.39 is 11.9 Å². The smallest absolute Gasteiger partial charge is 0.261 e. The van der Waals surface area contributed by atoms with Crippen LogP contribution in [-0.2, 0) is 4.79 Å². The van der Waals surface area contributed by atoms with Crippen LogP contribution in [0.5, 0.6) is 5.75 Å². The maximum absolute atomic E-state index is 13.6. The van der Waals surface area contributed by atoms with Gasteiger partial charge in [-0.05, 0) is 37.1 Å². The lowest BCUT2D eigenvalue weighted by Crippen LogP contribution is -2.39. The monoisotopic (exact) mass is 344 g/mol. The summed E-state index contributed by atoms with van der Waals surface area (Å²) in [6.45, 7) is 3.22. The molecular formula is C20H25FN2O2. The van der Waals surface area contributed by atoms with Gasteiger partial charge in [0.2, 0.25) is 0 Å². The van der Waals surface area contributed by atoms with Gasteiger partial charge >= 0.3 is 0 Å². The Morgan fingerprint density at radius 3 is 2.52 bits per heavy atom. The Kier molecular flexibility index (Phi) is 7.26. The van der Waals surface area contributed by atoms with Crippen molar-refractivity contribution in [3.63, 3.8) is 0 Å². The first-order chi connectivity index (χ1) is 12.1. The second-order valence-corrected chi connectivity index (χ2v) is 5.85. The van der Waals surface area contributed by atoms with Crippen molar-refractivity contribution in [3.05, 3.63) is 60.4 Å². The Morgan fingerprint density at radius 1 is 1.16 bits per heavy atom. The molecule has 0 fully saturated rings. The van der Waals surface area contributed by atoms with Crippen LogP contribution in [0, 0.1) is 5.82 Å². The topological polar surface area (TPSA) is 41.6 Å². The SMILES string of the molecule is CCC(Oc1ccccc1F)C(=O)NCCCN(C)c1ccccc1. The Hall–Kier alpha value is -2.56. The van der Waals surface area contributed by atoms with E-state index in [2.05, 4.69) is 10.2 Å². The predicted molar refractivity (Wildman–Crippen MR) is 98.4 cm³/mol. The molecule has 0 spiro atoms. The van der Waals surface area contributed by atoms with Gasteiger partial charge in [0.1, 0.15) is 0 Å². The zero-order valence-electron chi connectivity index (χ0n) is 14.7. The molecule has 1 unspecified atom stereocenters. The molecule has 0 aliphatic heterocycles. The first kappa shape index (κ1) is 18.8. The van der Waals surface area contributed by atoms with E-state index >= 15 is 0 Å². The fourth-order valence-electron chi connectivity index (χ4n) is 2.47. The largest absolute Gasteiger partial charge is 0.478 e. The van der Waals surface area contributed by atoms with Crippen LogP contribution in [0.1, 0.15) is 19.8 Å². The molecule has 2 aromatic carbocycles. The number of carbonyl (C=O) groups excluding carboxylic acids is 1. The molecule has 0 heterocycles. The quantitative estimate of drug-likeness (QED) is 0.707. The summed E-state index contributed by atoms with van der Waals surface area (Å²) in [4.78, 5) is 14.4. The fourth-order valence-corrected chi connectivity index (χ4v) is 2.47. The van der Waals surface area contributed by atoms with Gasteiger partial charge in [0.15, 0.2) is 17.7 Å². The van der Waals surface area contributed by atoms with Gasteiger partial charge in [-0.25, -0.2) is 4.39 Å². The molecule has 0 bridgehead atoms. The van der Waals surface area contributed by atoms with E-state index in [1.165, 1.54) is 12.1 Å². The van der Waals surface area contributed by atoms with Gasteiger partial charge < -0.3 is 15.0 Å². The van der Waals surface area contributed by atoms with E-state index in [1.54, 1.807) is 12.1 Å². The van der Waals surface area contributed by atoms with Gasteiger partial charge in [-0.1, -0.05) is 37.3 Å². The normalized spacial score (nSPS) is 11.6. The standard InChI is InChI=1S/C20H25FN2O2/c1-3-18(25-19-13-8-7-12-17(19)21)20(24)22-14-9-15-23(2)16-10-5-4-6-11-16/h4-8,10-13,18H,3,9,14-15H2,1-2H3,(H,22,24). The van der Waals surface area contributed by atoms with Crippen molar-refractivity contribution in [1.29, 1.82) is 0 Å². The number of hydrogen-bond donors (Lipinski definition) is 1. The molecule has 0 saturated carbocycles. The molecule has 0 aliphatic carbocycles. The minimum atomic E-state index is -0.691. The van der Waals surface area contributed by atoms with Gasteiger partial charge in [-0.2, -0.15) is 0 Å². The summed E-state index contributed by atoms with van der Waals surface area (Å²) in [5.74, 6) is -0.570. The molecule has 1 amide bonds. The Morgan fingerprint density at radius 2 is 1.84 bits per heavy atom. The zero-order chi connectivity index (χ0) is 18.1. The molecule has 1 N–H and O–H groups in total. The number of benzene rings is 2. The van der Waals surface area contributed by atoms with Crippen LogP contribution >= 0.6 is 0 Å². The summed E-state index contributed by atoms with van der Waals surface area (Å²) in [7, 11) is 2.02. The average molecular weight is 344 g/mol. The number of hydrogen-bond acceptors (Lipinski definition) is 3. The van der Waals surface area contributed by atoms with Crippen molar-refractivity contribution in [2.45, 2.75) is 25.9 Å². The number of halogens is 1. The van der Waals surface area contributed by atoms with E-state index in [9.17, 15) is 9.18 Å². The average Bonchev–Trinajstić information content (AvgIpc) is 2.65. The van der Waals surface area contributed by atoms with Crippen molar-refractivity contribution in [1.82, 2.24) is 5.32 Å². The molecule has 2 rings (SSSR count). The maximum atomic E-state index is 13.6. The number of carbonyl (C=O) groups is 1. The Bertz CT molecular complexity index is 664. The lowest BCUT2D eigenvalue weighted by molar-refractivity contribution is -0.128. The molecule has 0 saturated heterocycles. The molecule has 134 valence electrons. The highest BCUT2D eigenvalue weighted by Gasteiger charge is 2.19. The number of nitrogens with one attached hydrogen (secondary N) is 1. The van der Waals surface area contributed by atoms with E-state index in [0.29, 0.717) is 13.0 Å². The van der Waals surface area contributed by atoms with Gasteiger partial charge in [-0.3, -0.25) is 4.79 Å². The molecule has 4 nitrogen and oxygen atoms in total. The highest BCUT2D eigenvalue weighted by molar-refractivity contribution is 5.81. The van der Waals surface area contributed by atoms with Crippen molar-refractivity contribution in [2.24, 2.45) is 0 Å². The molecule has 25 heavy (non-hydrogen) atoms. The van der Waals surface area contributed by atoms with E-state index in [-0.39, 0.29) is 11.7 Å². The summed E-state index contributed by atoms with van der Waals surface area (Å²) in [6.07, 6.45) is 0.598.